The van der Waals surface area contributed by atoms with Gasteiger partial charge in [-0.1, -0.05) is 25.7 Å². The molecule has 1 heterocycles. The number of hydrogen-bond acceptors (Lipinski definition) is 3. The first-order chi connectivity index (χ1) is 11.2. The number of likely N-dealkylation sites (N-methyl/N-ethyl adjacent to an activating group) is 1. The van der Waals surface area contributed by atoms with E-state index < -0.39 is 0 Å². The fourth-order valence-corrected chi connectivity index (χ4v) is 5.21. The lowest BCUT2D eigenvalue weighted by Gasteiger charge is -2.57. The van der Waals surface area contributed by atoms with Crippen LogP contribution in [-0.4, -0.2) is 61.1 Å². The molecule has 2 saturated carbocycles. The van der Waals surface area contributed by atoms with Crippen molar-refractivity contribution in [3.63, 3.8) is 0 Å². The third kappa shape index (κ3) is 3.43. The lowest BCUT2D eigenvalue weighted by molar-refractivity contribution is -0.165. The first-order valence-electron chi connectivity index (χ1n) is 9.77. The van der Waals surface area contributed by atoms with E-state index in [1.807, 2.05) is 0 Å². The third-order valence-corrected chi connectivity index (χ3v) is 6.52. The third-order valence-electron chi connectivity index (χ3n) is 6.52. The van der Waals surface area contributed by atoms with Gasteiger partial charge in [-0.05, 0) is 46.1 Å². The highest BCUT2D eigenvalue weighted by atomic mass is 16.5. The van der Waals surface area contributed by atoms with E-state index in [1.165, 1.54) is 51.4 Å². The number of rotatable bonds is 5. The van der Waals surface area contributed by atoms with Crippen LogP contribution in [0.25, 0.3) is 0 Å². The van der Waals surface area contributed by atoms with E-state index in [2.05, 4.69) is 23.8 Å². The zero-order valence-electron chi connectivity index (χ0n) is 15.1. The summed E-state index contributed by atoms with van der Waals surface area (Å²) in [6.07, 6.45) is 11.7. The Balaban J connectivity index is 1.57. The Kier molecular flexibility index (Phi) is 5.63. The van der Waals surface area contributed by atoms with E-state index in [0.29, 0.717) is 30.0 Å². The Hall–Kier alpha value is -0.610. The lowest BCUT2D eigenvalue weighted by Crippen LogP contribution is -2.64. The van der Waals surface area contributed by atoms with Gasteiger partial charge < -0.3 is 9.64 Å². The van der Waals surface area contributed by atoms with E-state index in [9.17, 15) is 4.79 Å². The van der Waals surface area contributed by atoms with Crippen molar-refractivity contribution >= 4 is 5.91 Å². The van der Waals surface area contributed by atoms with Gasteiger partial charge in [-0.25, -0.2) is 0 Å². The van der Waals surface area contributed by atoms with Crippen LogP contribution in [0.15, 0.2) is 0 Å². The normalized spacial score (nSPS) is 30.5. The van der Waals surface area contributed by atoms with Gasteiger partial charge in [0, 0.05) is 31.2 Å². The van der Waals surface area contributed by atoms with Gasteiger partial charge in [0.2, 0.25) is 5.91 Å². The van der Waals surface area contributed by atoms with Gasteiger partial charge in [0.05, 0.1) is 12.6 Å². The number of carbonyl (C=O) groups excluding carboxylic acids is 1. The van der Waals surface area contributed by atoms with Crippen LogP contribution < -0.4 is 0 Å². The molecule has 0 unspecified atom stereocenters. The largest absolute Gasteiger partial charge is 0.378 e. The summed E-state index contributed by atoms with van der Waals surface area (Å²) in [5.41, 5.74) is 0.337. The number of ether oxygens (including phenoxy) is 1. The second-order valence-electron chi connectivity index (χ2n) is 7.85. The molecule has 3 fully saturated rings. The Morgan fingerprint density at radius 3 is 2.39 bits per heavy atom. The molecule has 0 bridgehead atoms. The molecule has 4 heteroatoms. The maximum absolute atomic E-state index is 12.7. The minimum absolute atomic E-state index is 0.336. The zero-order chi connectivity index (χ0) is 16.3. The zero-order valence-corrected chi connectivity index (χ0v) is 15.1. The molecule has 3 aliphatic rings. The highest BCUT2D eigenvalue weighted by molar-refractivity contribution is 5.78. The second kappa shape index (κ2) is 7.52. The Morgan fingerprint density at radius 1 is 1.13 bits per heavy atom. The molecule has 1 amide bonds. The van der Waals surface area contributed by atoms with Crippen molar-refractivity contribution < 1.29 is 9.53 Å². The Labute approximate surface area is 141 Å². The second-order valence-corrected chi connectivity index (χ2v) is 7.85. The summed E-state index contributed by atoms with van der Waals surface area (Å²) in [7, 11) is 2.16. The van der Waals surface area contributed by atoms with Crippen LogP contribution in [0.1, 0.15) is 64.7 Å². The molecule has 0 aromatic rings. The van der Waals surface area contributed by atoms with Crippen LogP contribution in [0.5, 0.6) is 0 Å². The average Bonchev–Trinajstić information content (AvgIpc) is 2.90. The standard InChI is InChI=1S/C19H34N2O2/c1-3-23-17-14-16(19(17)10-6-7-11-19)20(2)15-18(22)21-12-8-4-5-9-13-21/h16-17H,3-15H2,1-2H3/t16-,17-/m1/s1. The van der Waals surface area contributed by atoms with Gasteiger partial charge in [-0.15, -0.1) is 0 Å². The van der Waals surface area contributed by atoms with Gasteiger partial charge >= 0.3 is 0 Å². The van der Waals surface area contributed by atoms with Gasteiger partial charge in [-0.2, -0.15) is 0 Å². The minimum Gasteiger partial charge on any atom is -0.378 e. The van der Waals surface area contributed by atoms with Gasteiger partial charge in [0.1, 0.15) is 0 Å². The summed E-state index contributed by atoms with van der Waals surface area (Å²) in [6.45, 7) is 5.43. The molecule has 2 atom stereocenters. The number of carbonyl (C=O) groups is 1. The molecule has 0 aromatic heterocycles. The van der Waals surface area contributed by atoms with Crippen LogP contribution in [0.4, 0.5) is 0 Å². The monoisotopic (exact) mass is 322 g/mol. The van der Waals surface area contributed by atoms with Crippen molar-refractivity contribution in [2.75, 3.05) is 33.3 Å². The molecule has 23 heavy (non-hydrogen) atoms. The van der Waals surface area contributed by atoms with Gasteiger partial charge in [0.25, 0.3) is 0 Å². The smallest absolute Gasteiger partial charge is 0.236 e. The molecule has 3 rings (SSSR count). The molecule has 132 valence electrons. The van der Waals surface area contributed by atoms with E-state index in [4.69, 9.17) is 4.74 Å². The summed E-state index contributed by atoms with van der Waals surface area (Å²) in [6, 6.07) is 0.539. The maximum atomic E-state index is 12.7. The fraction of sp³-hybridized carbons (Fsp3) is 0.947. The van der Waals surface area contributed by atoms with Crippen LogP contribution in [-0.2, 0) is 9.53 Å². The summed E-state index contributed by atoms with van der Waals surface area (Å²) in [4.78, 5) is 17.1. The SMILES string of the molecule is CCO[C@@H]1C[C@@H](N(C)CC(=O)N2CCCCCC2)C12CCCC2. The summed E-state index contributed by atoms with van der Waals surface area (Å²) in [5, 5.41) is 0. The van der Waals surface area contributed by atoms with E-state index >= 15 is 0 Å². The van der Waals surface area contributed by atoms with Gasteiger partial charge in [0.15, 0.2) is 0 Å². The Morgan fingerprint density at radius 2 is 1.78 bits per heavy atom. The predicted octanol–water partition coefficient (Wildman–Crippen LogP) is 3.06. The van der Waals surface area contributed by atoms with E-state index in [0.717, 1.165) is 26.1 Å². The molecular formula is C19H34N2O2. The summed E-state index contributed by atoms with van der Waals surface area (Å²) >= 11 is 0. The Bertz CT molecular complexity index is 398. The maximum Gasteiger partial charge on any atom is 0.236 e. The molecule has 4 nitrogen and oxygen atoms in total. The number of likely N-dealkylation sites (tertiary alicyclic amines) is 1. The van der Waals surface area contributed by atoms with Crippen molar-refractivity contribution in [2.24, 2.45) is 5.41 Å². The van der Waals surface area contributed by atoms with Crippen LogP contribution in [0, 0.1) is 5.41 Å². The van der Waals surface area contributed by atoms with E-state index in [1.54, 1.807) is 0 Å². The van der Waals surface area contributed by atoms with E-state index in [-0.39, 0.29) is 0 Å². The van der Waals surface area contributed by atoms with Crippen molar-refractivity contribution in [3.05, 3.63) is 0 Å². The molecule has 0 radical (unpaired) electrons. The van der Waals surface area contributed by atoms with Gasteiger partial charge in [-0.3, -0.25) is 9.69 Å². The summed E-state index contributed by atoms with van der Waals surface area (Å²) in [5.74, 6) is 0.336. The van der Waals surface area contributed by atoms with Crippen molar-refractivity contribution in [1.29, 1.82) is 0 Å². The number of hydrogen-bond donors (Lipinski definition) is 0. The number of nitrogens with zero attached hydrogens (tertiary/aromatic N) is 2. The van der Waals surface area contributed by atoms with Crippen molar-refractivity contribution in [1.82, 2.24) is 9.80 Å². The molecule has 2 aliphatic carbocycles. The number of amides is 1. The highest BCUT2D eigenvalue weighted by Gasteiger charge is 2.58. The first kappa shape index (κ1) is 17.2. The highest BCUT2D eigenvalue weighted by Crippen LogP contribution is 2.56. The summed E-state index contributed by atoms with van der Waals surface area (Å²) < 4.78 is 6.01. The average molecular weight is 322 g/mol. The molecule has 1 aliphatic heterocycles. The molecule has 1 saturated heterocycles. The first-order valence-corrected chi connectivity index (χ1v) is 9.77. The molecule has 0 aromatic carbocycles. The predicted molar refractivity (Wildman–Crippen MR) is 92.4 cm³/mol. The van der Waals surface area contributed by atoms with Crippen LogP contribution in [0.2, 0.25) is 0 Å². The lowest BCUT2D eigenvalue weighted by atomic mass is 9.60. The van der Waals surface area contributed by atoms with Crippen LogP contribution in [0.3, 0.4) is 0 Å². The van der Waals surface area contributed by atoms with Crippen LogP contribution >= 0.6 is 0 Å². The molecule has 0 N–H and O–H groups in total. The fourth-order valence-electron chi connectivity index (χ4n) is 5.21. The van der Waals surface area contributed by atoms with Crippen molar-refractivity contribution in [2.45, 2.75) is 76.9 Å². The topological polar surface area (TPSA) is 32.8 Å². The van der Waals surface area contributed by atoms with Crippen molar-refractivity contribution in [3.8, 4) is 0 Å². The molecular weight excluding hydrogens is 288 g/mol. The minimum atomic E-state index is 0.336. The quantitative estimate of drug-likeness (QED) is 0.780. The molecule has 1 spiro atoms.